The summed E-state index contributed by atoms with van der Waals surface area (Å²) in [6.07, 6.45) is -4.04. The van der Waals surface area contributed by atoms with Gasteiger partial charge in [0.2, 0.25) is 0 Å². The third-order valence-corrected chi connectivity index (χ3v) is 4.12. The number of nitrogens with zero attached hydrogens (tertiary/aromatic N) is 3. The summed E-state index contributed by atoms with van der Waals surface area (Å²) in [7, 11) is 2.42. The molecule has 0 aliphatic carbocycles. The molecule has 0 N–H and O–H groups in total. The largest absolute Gasteiger partial charge is 0.464 e. The highest BCUT2D eigenvalue weighted by atomic mass is 19.4. The molecule has 1 aromatic carbocycles. The fourth-order valence-electron chi connectivity index (χ4n) is 2.68. The Morgan fingerprint density at radius 1 is 1.24 bits per heavy atom. The average molecular weight is 411 g/mol. The van der Waals surface area contributed by atoms with Crippen molar-refractivity contribution in [2.24, 2.45) is 10.1 Å². The number of ether oxygens (including phenoxy) is 1. The number of methoxy groups -OCH3 is 1. The fraction of sp³-hybridized carbons (Fsp3) is 0.368. The summed E-state index contributed by atoms with van der Waals surface area (Å²) in [5, 5.41) is 3.65. The van der Waals surface area contributed by atoms with Gasteiger partial charge in [-0.2, -0.15) is 13.2 Å². The molecule has 1 heterocycles. The molecule has 1 aliphatic rings. The summed E-state index contributed by atoms with van der Waals surface area (Å²) < 4.78 is 44.0. The van der Waals surface area contributed by atoms with Gasteiger partial charge in [-0.05, 0) is 12.5 Å². The normalized spacial score (nSPS) is 14.8. The van der Waals surface area contributed by atoms with E-state index >= 15 is 0 Å². The Bertz CT molecular complexity index is 876. The van der Waals surface area contributed by atoms with Gasteiger partial charge in [-0.25, -0.2) is 9.79 Å². The number of hydrogen-bond acceptors (Lipinski definition) is 7. The second-order valence-electron chi connectivity index (χ2n) is 6.00. The van der Waals surface area contributed by atoms with Crippen molar-refractivity contribution in [3.05, 3.63) is 47.3 Å². The van der Waals surface area contributed by atoms with E-state index in [9.17, 15) is 22.8 Å². The molecule has 2 rings (SSSR count). The number of hydrogen-bond donors (Lipinski definition) is 0. The van der Waals surface area contributed by atoms with Crippen LogP contribution < -0.4 is 0 Å². The Morgan fingerprint density at radius 2 is 1.93 bits per heavy atom. The lowest BCUT2D eigenvalue weighted by atomic mass is 9.97. The van der Waals surface area contributed by atoms with Crippen LogP contribution in [0.5, 0.6) is 0 Å². The number of halogens is 3. The predicted octanol–water partition coefficient (Wildman–Crippen LogP) is 2.50. The molecule has 1 aromatic rings. The summed E-state index contributed by atoms with van der Waals surface area (Å²) >= 11 is 0. The molecule has 0 amide bonds. The number of alkyl halides is 3. The average Bonchev–Trinajstić information content (AvgIpc) is 2.71. The van der Waals surface area contributed by atoms with Gasteiger partial charge in [0.25, 0.3) is 0 Å². The first-order valence-corrected chi connectivity index (χ1v) is 8.62. The van der Waals surface area contributed by atoms with Crippen molar-refractivity contribution >= 4 is 23.2 Å². The predicted molar refractivity (Wildman–Crippen MR) is 99.5 cm³/mol. The maximum atomic E-state index is 13.1. The van der Waals surface area contributed by atoms with E-state index < -0.39 is 23.6 Å². The van der Waals surface area contributed by atoms with Crippen LogP contribution in [0.1, 0.15) is 18.1 Å². The first kappa shape index (κ1) is 22.1. The quantitative estimate of drug-likeness (QED) is 0.391. The van der Waals surface area contributed by atoms with Crippen molar-refractivity contribution in [3.8, 4) is 0 Å². The van der Waals surface area contributed by atoms with E-state index in [0.29, 0.717) is 5.56 Å². The van der Waals surface area contributed by atoms with Crippen molar-refractivity contribution < 1.29 is 32.3 Å². The van der Waals surface area contributed by atoms with Crippen LogP contribution >= 0.6 is 0 Å². The molecule has 0 aromatic heterocycles. The molecule has 0 radical (unpaired) electrons. The van der Waals surface area contributed by atoms with Crippen molar-refractivity contribution in [2.75, 3.05) is 27.3 Å². The van der Waals surface area contributed by atoms with Crippen molar-refractivity contribution in [1.29, 1.82) is 0 Å². The first-order valence-electron chi connectivity index (χ1n) is 8.62. The third kappa shape index (κ3) is 5.43. The van der Waals surface area contributed by atoms with Gasteiger partial charge in [-0.1, -0.05) is 29.4 Å². The number of benzene rings is 1. The van der Waals surface area contributed by atoms with Gasteiger partial charge in [0.05, 0.1) is 13.7 Å². The van der Waals surface area contributed by atoms with Gasteiger partial charge in [-0.15, -0.1) is 0 Å². The van der Waals surface area contributed by atoms with Gasteiger partial charge in [-0.3, -0.25) is 4.79 Å². The van der Waals surface area contributed by atoms with E-state index in [1.54, 1.807) is 31.2 Å². The van der Waals surface area contributed by atoms with Crippen LogP contribution in [0.15, 0.2) is 46.3 Å². The monoisotopic (exact) mass is 411 g/mol. The number of Topliss-reactive ketones (excluding diaryl/α,β-unsaturated/α-hetero) is 1. The lowest BCUT2D eigenvalue weighted by molar-refractivity contribution is -0.132. The van der Waals surface area contributed by atoms with Crippen LogP contribution in [-0.2, 0) is 25.6 Å². The van der Waals surface area contributed by atoms with E-state index in [0.717, 1.165) is 6.20 Å². The van der Waals surface area contributed by atoms with Crippen LogP contribution in [0.2, 0.25) is 0 Å². The summed E-state index contributed by atoms with van der Waals surface area (Å²) in [4.78, 5) is 34.3. The Morgan fingerprint density at radius 3 is 2.52 bits per heavy atom. The zero-order chi connectivity index (χ0) is 21.6. The molecular formula is C19H20F3N3O4. The molecule has 0 unspecified atom stereocenters. The number of esters is 1. The van der Waals surface area contributed by atoms with E-state index in [2.05, 4.69) is 19.7 Å². The minimum absolute atomic E-state index is 0.0346. The summed E-state index contributed by atoms with van der Waals surface area (Å²) in [5.74, 6) is -1.37. The molecule has 0 atom stereocenters. The molecule has 29 heavy (non-hydrogen) atoms. The second kappa shape index (κ2) is 9.35. The Kier molecular flexibility index (Phi) is 7.13. The summed E-state index contributed by atoms with van der Waals surface area (Å²) in [6.45, 7) is 1.93. The van der Waals surface area contributed by atoms with E-state index in [4.69, 9.17) is 0 Å². The third-order valence-electron chi connectivity index (χ3n) is 4.12. The molecule has 0 saturated heterocycles. The number of ketones is 1. The Balaban J connectivity index is 2.37. The molecule has 7 nitrogen and oxygen atoms in total. The lowest BCUT2D eigenvalue weighted by Crippen LogP contribution is -2.36. The number of carbonyl (C=O) groups excluding carboxylic acids is 2. The van der Waals surface area contributed by atoms with E-state index in [1.165, 1.54) is 19.1 Å². The molecule has 1 aliphatic heterocycles. The molecule has 0 fully saturated rings. The second-order valence-corrected chi connectivity index (χ2v) is 6.00. The Labute approximate surface area is 165 Å². The van der Waals surface area contributed by atoms with Crippen LogP contribution in [0, 0.1) is 0 Å². The van der Waals surface area contributed by atoms with Gasteiger partial charge in [0.15, 0.2) is 17.2 Å². The SMILES string of the molecule is CCN1C=C(C(F)(F)F)N=C(C(=O)Cc2ccccc2C(=NOC)C(=O)OC)C1. The van der Waals surface area contributed by atoms with Crippen LogP contribution in [0.4, 0.5) is 13.2 Å². The highest BCUT2D eigenvalue weighted by Gasteiger charge is 2.37. The molecular weight excluding hydrogens is 391 g/mol. The smallest absolute Gasteiger partial charge is 0.434 e. The summed E-state index contributed by atoms with van der Waals surface area (Å²) in [5.41, 5.74) is -0.828. The van der Waals surface area contributed by atoms with Gasteiger partial charge in [0, 0.05) is 24.7 Å². The number of carbonyl (C=O) groups is 2. The molecule has 156 valence electrons. The van der Waals surface area contributed by atoms with Crippen molar-refractivity contribution in [3.63, 3.8) is 0 Å². The highest BCUT2D eigenvalue weighted by molar-refractivity contribution is 6.44. The minimum Gasteiger partial charge on any atom is -0.464 e. The van der Waals surface area contributed by atoms with Gasteiger partial charge in [0.1, 0.15) is 12.8 Å². The maximum Gasteiger partial charge on any atom is 0.434 e. The molecule has 0 saturated carbocycles. The van der Waals surface area contributed by atoms with E-state index in [1.807, 2.05) is 0 Å². The number of allylic oxidation sites excluding steroid dienone is 1. The first-order chi connectivity index (χ1) is 13.7. The standard InChI is InChI=1S/C19H20F3N3O4/c1-4-25-10-14(23-16(11-25)19(20,21)22)15(26)9-12-7-5-6-8-13(12)17(24-29-3)18(27)28-2/h5-8,11H,4,9-10H2,1-3H3. The minimum atomic E-state index is -4.67. The van der Waals surface area contributed by atoms with Gasteiger partial charge >= 0.3 is 12.1 Å². The molecule has 0 bridgehead atoms. The zero-order valence-electron chi connectivity index (χ0n) is 16.1. The maximum absolute atomic E-state index is 13.1. The highest BCUT2D eigenvalue weighted by Crippen LogP contribution is 2.29. The zero-order valence-corrected chi connectivity index (χ0v) is 16.1. The van der Waals surface area contributed by atoms with Gasteiger partial charge < -0.3 is 14.5 Å². The van der Waals surface area contributed by atoms with Crippen molar-refractivity contribution in [1.82, 2.24) is 4.90 Å². The van der Waals surface area contributed by atoms with Crippen molar-refractivity contribution in [2.45, 2.75) is 19.5 Å². The topological polar surface area (TPSA) is 80.6 Å². The number of oxime groups is 1. The van der Waals surface area contributed by atoms with Crippen LogP contribution in [0.25, 0.3) is 0 Å². The van der Waals surface area contributed by atoms with E-state index in [-0.39, 0.29) is 36.5 Å². The number of rotatable bonds is 7. The van der Waals surface area contributed by atoms with Crippen LogP contribution in [-0.4, -0.2) is 61.6 Å². The molecule has 10 heteroatoms. The Hall–Kier alpha value is -3.17. The lowest BCUT2D eigenvalue weighted by Gasteiger charge is -2.25. The van der Waals surface area contributed by atoms with Crippen LogP contribution in [0.3, 0.4) is 0 Å². The number of aliphatic imine (C=N–C) groups is 1. The molecule has 0 spiro atoms. The fourth-order valence-corrected chi connectivity index (χ4v) is 2.68. The summed E-state index contributed by atoms with van der Waals surface area (Å²) in [6, 6.07) is 6.37.